The molecule has 0 radical (unpaired) electrons. The van der Waals surface area contributed by atoms with Gasteiger partial charge < -0.3 is 9.84 Å². The Bertz CT molecular complexity index is 946. The molecule has 1 N–H and O–H groups in total. The third kappa shape index (κ3) is 3.35. The third-order valence-electron chi connectivity index (χ3n) is 4.58. The smallest absolute Gasteiger partial charge is 0.252 e. The number of rotatable bonds is 5. The van der Waals surface area contributed by atoms with Crippen LogP contribution in [-0.4, -0.2) is 21.0 Å². The summed E-state index contributed by atoms with van der Waals surface area (Å²) in [5.41, 5.74) is 3.53. The number of hydrogen-bond donors (Lipinski definition) is 1. The molecule has 0 saturated heterocycles. The van der Waals surface area contributed by atoms with E-state index in [-0.39, 0.29) is 11.9 Å². The molecule has 0 aliphatic heterocycles. The summed E-state index contributed by atoms with van der Waals surface area (Å²) in [6, 6.07) is 11.0. The number of aromatic nitrogens is 3. The molecule has 0 bridgehead atoms. The lowest BCUT2D eigenvalue weighted by molar-refractivity contribution is 0.0932. The topological polar surface area (TPSA) is 80.9 Å². The Morgan fingerprint density at radius 2 is 2.08 bits per heavy atom. The molecular formula is C20H20N4O2. The van der Waals surface area contributed by atoms with Gasteiger partial charge in [0, 0.05) is 28.9 Å². The standard InChI is InChI=1S/C20H20N4O2/c1-12-5-3-4-6-16(12)19(25)22-13(2)20-23-18(24-26-20)15-9-10-21-17(11-15)14-7-8-14/h3-6,9-11,13-14H,7-8H2,1-2H3,(H,22,25)/t13-/m0/s1. The Morgan fingerprint density at radius 1 is 1.27 bits per heavy atom. The molecule has 3 aromatic rings. The highest BCUT2D eigenvalue weighted by Gasteiger charge is 2.26. The van der Waals surface area contributed by atoms with Crippen molar-refractivity contribution in [2.75, 3.05) is 0 Å². The van der Waals surface area contributed by atoms with Gasteiger partial charge in [0.25, 0.3) is 5.91 Å². The second kappa shape index (κ2) is 6.71. The van der Waals surface area contributed by atoms with Gasteiger partial charge >= 0.3 is 0 Å². The van der Waals surface area contributed by atoms with E-state index in [1.807, 2.05) is 44.2 Å². The minimum absolute atomic E-state index is 0.157. The lowest BCUT2D eigenvalue weighted by Gasteiger charge is -2.11. The maximum atomic E-state index is 12.4. The summed E-state index contributed by atoms with van der Waals surface area (Å²) in [5.74, 6) is 1.30. The number of aryl methyl sites for hydroxylation is 1. The Morgan fingerprint density at radius 3 is 2.85 bits per heavy atom. The number of nitrogens with zero attached hydrogens (tertiary/aromatic N) is 3. The van der Waals surface area contributed by atoms with Gasteiger partial charge in [-0.2, -0.15) is 4.98 Å². The summed E-state index contributed by atoms with van der Waals surface area (Å²) in [5, 5.41) is 6.97. The van der Waals surface area contributed by atoms with Crippen molar-refractivity contribution in [3.05, 3.63) is 65.3 Å². The first-order valence-corrected chi connectivity index (χ1v) is 8.78. The van der Waals surface area contributed by atoms with Crippen molar-refractivity contribution >= 4 is 5.91 Å². The normalized spacial score (nSPS) is 14.8. The molecule has 1 aliphatic carbocycles. The van der Waals surface area contributed by atoms with E-state index in [0.717, 1.165) is 16.8 Å². The summed E-state index contributed by atoms with van der Waals surface area (Å²) >= 11 is 0. The van der Waals surface area contributed by atoms with Crippen LogP contribution in [0.1, 0.15) is 59.2 Å². The van der Waals surface area contributed by atoms with Crippen LogP contribution in [0.25, 0.3) is 11.4 Å². The average Bonchev–Trinajstić information content (AvgIpc) is 3.38. The van der Waals surface area contributed by atoms with E-state index in [1.54, 1.807) is 12.3 Å². The molecule has 2 aromatic heterocycles. The van der Waals surface area contributed by atoms with Crippen LogP contribution >= 0.6 is 0 Å². The molecule has 0 unspecified atom stereocenters. The Balaban J connectivity index is 1.49. The molecule has 1 aromatic carbocycles. The van der Waals surface area contributed by atoms with Gasteiger partial charge in [0.2, 0.25) is 11.7 Å². The minimum Gasteiger partial charge on any atom is -0.341 e. The first-order chi connectivity index (χ1) is 12.6. The number of nitrogens with one attached hydrogen (secondary N) is 1. The van der Waals surface area contributed by atoms with Crippen LogP contribution in [0.4, 0.5) is 0 Å². The van der Waals surface area contributed by atoms with Crippen molar-refractivity contribution < 1.29 is 9.32 Å². The average molecular weight is 348 g/mol. The summed E-state index contributed by atoms with van der Waals surface area (Å²) < 4.78 is 5.37. The van der Waals surface area contributed by atoms with Gasteiger partial charge in [0.15, 0.2) is 0 Å². The van der Waals surface area contributed by atoms with Crippen LogP contribution in [0.2, 0.25) is 0 Å². The van der Waals surface area contributed by atoms with Gasteiger partial charge in [0.1, 0.15) is 6.04 Å². The molecule has 1 fully saturated rings. The summed E-state index contributed by atoms with van der Waals surface area (Å²) in [6.07, 6.45) is 4.16. The van der Waals surface area contributed by atoms with Gasteiger partial charge in [0.05, 0.1) is 0 Å². The maximum Gasteiger partial charge on any atom is 0.252 e. The first-order valence-electron chi connectivity index (χ1n) is 8.78. The van der Waals surface area contributed by atoms with E-state index in [9.17, 15) is 4.79 Å². The van der Waals surface area contributed by atoms with Crippen LogP contribution in [0.15, 0.2) is 47.1 Å². The zero-order chi connectivity index (χ0) is 18.1. The predicted octanol–water partition coefficient (Wildman–Crippen LogP) is 3.81. The van der Waals surface area contributed by atoms with Crippen LogP contribution in [0.3, 0.4) is 0 Å². The molecule has 26 heavy (non-hydrogen) atoms. The van der Waals surface area contributed by atoms with E-state index in [2.05, 4.69) is 20.4 Å². The van der Waals surface area contributed by atoms with Crippen LogP contribution in [0, 0.1) is 6.92 Å². The molecule has 6 heteroatoms. The van der Waals surface area contributed by atoms with Crippen molar-refractivity contribution in [3.63, 3.8) is 0 Å². The third-order valence-corrected chi connectivity index (χ3v) is 4.58. The Kier molecular flexibility index (Phi) is 4.24. The van der Waals surface area contributed by atoms with E-state index in [0.29, 0.717) is 23.2 Å². The van der Waals surface area contributed by atoms with E-state index in [4.69, 9.17) is 4.52 Å². The summed E-state index contributed by atoms with van der Waals surface area (Å²) in [7, 11) is 0. The second-order valence-electron chi connectivity index (χ2n) is 6.71. The highest BCUT2D eigenvalue weighted by atomic mass is 16.5. The number of benzene rings is 1. The van der Waals surface area contributed by atoms with Crippen LogP contribution in [0.5, 0.6) is 0 Å². The molecule has 0 spiro atoms. The van der Waals surface area contributed by atoms with Crippen molar-refractivity contribution in [3.8, 4) is 11.4 Å². The maximum absolute atomic E-state index is 12.4. The molecule has 132 valence electrons. The quantitative estimate of drug-likeness (QED) is 0.758. The zero-order valence-corrected chi connectivity index (χ0v) is 14.8. The van der Waals surface area contributed by atoms with Crippen molar-refractivity contribution in [2.24, 2.45) is 0 Å². The first kappa shape index (κ1) is 16.4. The lowest BCUT2D eigenvalue weighted by Crippen LogP contribution is -2.27. The lowest BCUT2D eigenvalue weighted by atomic mass is 10.1. The minimum atomic E-state index is -0.381. The van der Waals surface area contributed by atoms with Crippen molar-refractivity contribution in [1.82, 2.24) is 20.4 Å². The zero-order valence-electron chi connectivity index (χ0n) is 14.8. The van der Waals surface area contributed by atoms with Gasteiger partial charge in [-0.05, 0) is 50.5 Å². The monoisotopic (exact) mass is 348 g/mol. The number of hydrogen-bond acceptors (Lipinski definition) is 5. The molecule has 6 nitrogen and oxygen atoms in total. The fraction of sp³-hybridized carbons (Fsp3) is 0.300. The van der Waals surface area contributed by atoms with Gasteiger partial charge in [-0.3, -0.25) is 9.78 Å². The van der Waals surface area contributed by atoms with Gasteiger partial charge in [-0.25, -0.2) is 0 Å². The van der Waals surface area contributed by atoms with Gasteiger partial charge in [-0.15, -0.1) is 0 Å². The van der Waals surface area contributed by atoms with E-state index < -0.39 is 0 Å². The second-order valence-corrected chi connectivity index (χ2v) is 6.71. The SMILES string of the molecule is Cc1ccccc1C(=O)N[C@@H](C)c1nc(-c2ccnc(C3CC3)c2)no1. The molecular weight excluding hydrogens is 328 g/mol. The number of pyridine rings is 1. The highest BCUT2D eigenvalue weighted by molar-refractivity contribution is 5.95. The summed E-state index contributed by atoms with van der Waals surface area (Å²) in [6.45, 7) is 3.74. The largest absolute Gasteiger partial charge is 0.341 e. The molecule has 1 atom stereocenters. The molecule has 4 rings (SSSR count). The Labute approximate surface area is 151 Å². The van der Waals surface area contributed by atoms with E-state index in [1.165, 1.54) is 12.8 Å². The van der Waals surface area contributed by atoms with Crippen LogP contribution in [-0.2, 0) is 0 Å². The van der Waals surface area contributed by atoms with Gasteiger partial charge in [-0.1, -0.05) is 23.4 Å². The Hall–Kier alpha value is -3.02. The predicted molar refractivity (Wildman–Crippen MR) is 96.6 cm³/mol. The van der Waals surface area contributed by atoms with Crippen LogP contribution < -0.4 is 5.32 Å². The molecule has 1 amide bonds. The van der Waals surface area contributed by atoms with E-state index >= 15 is 0 Å². The number of amides is 1. The highest BCUT2D eigenvalue weighted by Crippen LogP contribution is 2.39. The fourth-order valence-corrected chi connectivity index (χ4v) is 2.88. The molecule has 1 saturated carbocycles. The van der Waals surface area contributed by atoms with Crippen molar-refractivity contribution in [1.29, 1.82) is 0 Å². The summed E-state index contributed by atoms with van der Waals surface area (Å²) in [4.78, 5) is 21.3. The molecule has 2 heterocycles. The fourth-order valence-electron chi connectivity index (χ4n) is 2.88. The van der Waals surface area contributed by atoms with Crippen molar-refractivity contribution in [2.45, 2.75) is 38.6 Å². The number of carbonyl (C=O) groups excluding carboxylic acids is 1. The number of carbonyl (C=O) groups is 1. The molecule has 1 aliphatic rings.